The number of fused-ring (bicyclic) bond motifs is 2. The number of aromatic nitrogens is 1. The monoisotopic (exact) mass is 416 g/mol. The Kier molecular flexibility index (Phi) is 6.83. The van der Waals surface area contributed by atoms with Gasteiger partial charge in [-0.2, -0.15) is 0 Å². The van der Waals surface area contributed by atoms with E-state index in [4.69, 9.17) is 12.2 Å². The highest BCUT2D eigenvalue weighted by molar-refractivity contribution is 7.80. The summed E-state index contributed by atoms with van der Waals surface area (Å²) in [6.45, 7) is 3.24. The summed E-state index contributed by atoms with van der Waals surface area (Å²) in [5, 5.41) is 8.28. The van der Waals surface area contributed by atoms with Gasteiger partial charge in [0.1, 0.15) is 0 Å². The summed E-state index contributed by atoms with van der Waals surface area (Å²) in [5.74, 6) is 0. The lowest BCUT2D eigenvalue weighted by molar-refractivity contribution is 0.432. The number of H-pyrrole nitrogens is 1. The van der Waals surface area contributed by atoms with Gasteiger partial charge in [-0.3, -0.25) is 0 Å². The molecule has 3 heterocycles. The number of aromatic amines is 1. The van der Waals surface area contributed by atoms with Gasteiger partial charge >= 0.3 is 0 Å². The Labute approximate surface area is 183 Å². The molecule has 0 radical (unpaired) electrons. The molecule has 5 rings (SSSR count). The number of benzene rings is 2. The molecule has 0 atom stereocenters. The number of allylic oxidation sites excluding steroid dienone is 3. The molecule has 1 fully saturated rings. The molecule has 0 bridgehead atoms. The lowest BCUT2D eigenvalue weighted by Crippen LogP contribution is -2.30. The molecule has 2 aliphatic heterocycles. The molecule has 0 aliphatic carbocycles. The molecule has 1 saturated heterocycles. The number of thiocarbonyl (C=S) groups is 1. The standard InChI is InChI=1S/C17H17N3S.C8H11N/c21-17(19-10-8-13-4-2-1-3-5-13)20-15-6-7-16-14(12-15)9-11-18-16;1-2-6-9-7-3-5-8(9)4-1/h1-7,9,11-12,18H,8,10H2,(H2,19,20,21);1-2,4H,3,5-7H2. The fourth-order valence-corrected chi connectivity index (χ4v) is 4.01. The van der Waals surface area contributed by atoms with Crippen LogP contribution in [0.5, 0.6) is 0 Å². The van der Waals surface area contributed by atoms with E-state index in [1.807, 2.05) is 30.5 Å². The topological polar surface area (TPSA) is 43.1 Å². The number of hydrogen-bond acceptors (Lipinski definition) is 2. The van der Waals surface area contributed by atoms with Crippen LogP contribution in [-0.2, 0) is 6.42 Å². The van der Waals surface area contributed by atoms with Crippen molar-refractivity contribution in [3.05, 3.63) is 90.3 Å². The van der Waals surface area contributed by atoms with Gasteiger partial charge in [-0.1, -0.05) is 42.5 Å². The summed E-state index contributed by atoms with van der Waals surface area (Å²) in [7, 11) is 0. The molecule has 154 valence electrons. The van der Waals surface area contributed by atoms with Crippen LogP contribution in [0.4, 0.5) is 5.69 Å². The normalized spacial score (nSPS) is 14.5. The fourth-order valence-electron chi connectivity index (χ4n) is 3.79. The summed E-state index contributed by atoms with van der Waals surface area (Å²) in [4.78, 5) is 5.62. The Balaban J connectivity index is 0.000000200. The Morgan fingerprint density at radius 2 is 2.00 bits per heavy atom. The number of nitrogens with one attached hydrogen (secondary N) is 3. The first-order chi connectivity index (χ1) is 14.8. The highest BCUT2D eigenvalue weighted by Gasteiger charge is 2.15. The molecule has 0 amide bonds. The van der Waals surface area contributed by atoms with Crippen LogP contribution >= 0.6 is 12.2 Å². The number of anilines is 1. The molecule has 4 nitrogen and oxygen atoms in total. The second-order valence-electron chi connectivity index (χ2n) is 7.53. The minimum absolute atomic E-state index is 0.654. The first-order valence-corrected chi connectivity index (χ1v) is 11.0. The first-order valence-electron chi connectivity index (χ1n) is 10.5. The molecule has 0 saturated carbocycles. The second kappa shape index (κ2) is 10.1. The Hall–Kier alpha value is -3.05. The number of nitrogens with zero attached hydrogens (tertiary/aromatic N) is 1. The van der Waals surface area contributed by atoms with Crippen LogP contribution in [-0.4, -0.2) is 34.6 Å². The van der Waals surface area contributed by atoms with Crippen LogP contribution in [0, 0.1) is 0 Å². The van der Waals surface area contributed by atoms with Gasteiger partial charge in [-0.05, 0) is 67.4 Å². The zero-order chi connectivity index (χ0) is 20.6. The number of hydrogen-bond donors (Lipinski definition) is 3. The van der Waals surface area contributed by atoms with Gasteiger partial charge in [-0.25, -0.2) is 0 Å². The van der Waals surface area contributed by atoms with Crippen LogP contribution in [0.1, 0.15) is 18.4 Å². The van der Waals surface area contributed by atoms with Gasteiger partial charge in [0.25, 0.3) is 0 Å². The Bertz CT molecular complexity index is 1040. The van der Waals surface area contributed by atoms with Crippen molar-refractivity contribution in [2.45, 2.75) is 19.3 Å². The zero-order valence-electron chi connectivity index (χ0n) is 17.1. The van der Waals surface area contributed by atoms with E-state index in [9.17, 15) is 0 Å². The average Bonchev–Trinajstić information content (AvgIpc) is 3.44. The van der Waals surface area contributed by atoms with Crippen LogP contribution in [0.25, 0.3) is 10.9 Å². The predicted molar refractivity (Wildman–Crippen MR) is 131 cm³/mol. The van der Waals surface area contributed by atoms with Gasteiger partial charge in [0.15, 0.2) is 5.11 Å². The molecule has 3 N–H and O–H groups in total. The Morgan fingerprint density at radius 1 is 1.10 bits per heavy atom. The van der Waals surface area contributed by atoms with Crippen molar-refractivity contribution in [2.24, 2.45) is 0 Å². The van der Waals surface area contributed by atoms with Gasteiger partial charge in [0, 0.05) is 48.1 Å². The van der Waals surface area contributed by atoms with E-state index in [1.165, 1.54) is 36.0 Å². The fraction of sp³-hybridized carbons (Fsp3) is 0.240. The summed E-state index contributed by atoms with van der Waals surface area (Å²) < 4.78 is 0. The molecule has 3 aromatic rings. The smallest absolute Gasteiger partial charge is 0.170 e. The molecule has 30 heavy (non-hydrogen) atoms. The first kappa shape index (κ1) is 20.2. The molecule has 2 aliphatic rings. The lowest BCUT2D eigenvalue weighted by atomic mass is 10.1. The third-order valence-electron chi connectivity index (χ3n) is 5.37. The maximum atomic E-state index is 5.32. The zero-order valence-corrected chi connectivity index (χ0v) is 17.9. The van der Waals surface area contributed by atoms with Crippen LogP contribution in [0.15, 0.2) is 84.7 Å². The SMILES string of the molecule is C1=CCN2CCCC2=C1.S=C(NCCc1ccccc1)Nc1ccc2[nH]ccc2c1. The van der Waals surface area contributed by atoms with Crippen molar-refractivity contribution in [2.75, 3.05) is 25.0 Å². The van der Waals surface area contributed by atoms with Crippen molar-refractivity contribution in [1.82, 2.24) is 15.2 Å². The Morgan fingerprint density at radius 3 is 2.87 bits per heavy atom. The quantitative estimate of drug-likeness (QED) is 0.509. The van der Waals surface area contributed by atoms with Crippen molar-refractivity contribution >= 4 is 33.9 Å². The van der Waals surface area contributed by atoms with Crippen molar-refractivity contribution in [3.8, 4) is 0 Å². The summed E-state index contributed by atoms with van der Waals surface area (Å²) in [6, 6.07) is 18.6. The molecular formula is C25H28N4S. The maximum absolute atomic E-state index is 5.32. The van der Waals surface area contributed by atoms with E-state index in [-0.39, 0.29) is 0 Å². The third-order valence-corrected chi connectivity index (χ3v) is 5.62. The molecular weight excluding hydrogens is 388 g/mol. The predicted octanol–water partition coefficient (Wildman–Crippen LogP) is 5.23. The third kappa shape index (κ3) is 5.51. The largest absolute Gasteiger partial charge is 0.371 e. The minimum atomic E-state index is 0.654. The van der Waals surface area contributed by atoms with E-state index in [0.717, 1.165) is 30.7 Å². The summed E-state index contributed by atoms with van der Waals surface area (Å²) in [5.41, 5.74) is 4.97. The minimum Gasteiger partial charge on any atom is -0.371 e. The summed E-state index contributed by atoms with van der Waals surface area (Å²) in [6.07, 6.45) is 12.2. The molecule has 0 unspecified atom stereocenters. The van der Waals surface area contributed by atoms with Crippen LogP contribution in [0.3, 0.4) is 0 Å². The van der Waals surface area contributed by atoms with Gasteiger partial charge in [0.05, 0.1) is 0 Å². The van der Waals surface area contributed by atoms with Crippen molar-refractivity contribution < 1.29 is 0 Å². The van der Waals surface area contributed by atoms with E-state index in [0.29, 0.717) is 5.11 Å². The van der Waals surface area contributed by atoms with Gasteiger partial charge in [-0.15, -0.1) is 0 Å². The molecule has 5 heteroatoms. The number of rotatable bonds is 4. The van der Waals surface area contributed by atoms with E-state index in [1.54, 1.807) is 0 Å². The van der Waals surface area contributed by atoms with Crippen LogP contribution < -0.4 is 10.6 Å². The molecule has 1 aromatic heterocycles. The van der Waals surface area contributed by atoms with Gasteiger partial charge < -0.3 is 20.5 Å². The highest BCUT2D eigenvalue weighted by atomic mass is 32.1. The second-order valence-corrected chi connectivity index (χ2v) is 7.94. The lowest BCUT2D eigenvalue weighted by Gasteiger charge is -2.19. The molecule has 2 aromatic carbocycles. The van der Waals surface area contributed by atoms with Gasteiger partial charge in [0.2, 0.25) is 0 Å². The highest BCUT2D eigenvalue weighted by Crippen LogP contribution is 2.22. The van der Waals surface area contributed by atoms with E-state index < -0.39 is 0 Å². The summed E-state index contributed by atoms with van der Waals surface area (Å²) >= 11 is 5.32. The average molecular weight is 417 g/mol. The maximum Gasteiger partial charge on any atom is 0.170 e. The van der Waals surface area contributed by atoms with Crippen molar-refractivity contribution in [3.63, 3.8) is 0 Å². The van der Waals surface area contributed by atoms with E-state index >= 15 is 0 Å². The molecule has 0 spiro atoms. The van der Waals surface area contributed by atoms with Crippen LogP contribution in [0.2, 0.25) is 0 Å². The van der Waals surface area contributed by atoms with Crippen molar-refractivity contribution in [1.29, 1.82) is 0 Å². The van der Waals surface area contributed by atoms with E-state index in [2.05, 4.69) is 69.1 Å².